The van der Waals surface area contributed by atoms with E-state index < -0.39 is 0 Å². The van der Waals surface area contributed by atoms with Gasteiger partial charge in [-0.1, -0.05) is 17.7 Å². The minimum atomic E-state index is -0.0701. The van der Waals surface area contributed by atoms with E-state index in [2.05, 4.69) is 45.1 Å². The van der Waals surface area contributed by atoms with Crippen molar-refractivity contribution in [2.75, 3.05) is 13.7 Å². The van der Waals surface area contributed by atoms with E-state index in [9.17, 15) is 0 Å². The number of hydrogen-bond donors (Lipinski definition) is 2. The van der Waals surface area contributed by atoms with Gasteiger partial charge in [0.1, 0.15) is 5.75 Å². The van der Waals surface area contributed by atoms with Gasteiger partial charge in [-0.05, 0) is 52.6 Å². The molecular weight excluding hydrogens is 236 g/mol. The van der Waals surface area contributed by atoms with Crippen molar-refractivity contribution in [1.29, 1.82) is 0 Å². The predicted molar refractivity (Wildman–Crippen MR) is 81.7 cm³/mol. The van der Waals surface area contributed by atoms with Crippen LogP contribution in [-0.2, 0) is 6.54 Å². The number of benzene rings is 1. The largest absolute Gasteiger partial charge is 0.496 e. The highest BCUT2D eigenvalue weighted by atomic mass is 16.5. The molecule has 1 rings (SSSR count). The maximum atomic E-state index is 5.97. The first kappa shape index (κ1) is 16.0. The Balaban J connectivity index is 2.49. The molecule has 1 aromatic rings. The van der Waals surface area contributed by atoms with Gasteiger partial charge in [-0.25, -0.2) is 0 Å². The van der Waals surface area contributed by atoms with Crippen LogP contribution < -0.4 is 15.8 Å². The number of aryl methyl sites for hydroxylation is 2. The summed E-state index contributed by atoms with van der Waals surface area (Å²) in [4.78, 5) is 0. The van der Waals surface area contributed by atoms with Gasteiger partial charge < -0.3 is 15.8 Å². The summed E-state index contributed by atoms with van der Waals surface area (Å²) in [5, 5.41) is 3.47. The lowest BCUT2D eigenvalue weighted by molar-refractivity contribution is 0.403. The summed E-state index contributed by atoms with van der Waals surface area (Å²) in [5.74, 6) is 0.997. The highest BCUT2D eigenvalue weighted by Gasteiger charge is 2.10. The molecule has 19 heavy (non-hydrogen) atoms. The molecule has 0 fully saturated rings. The van der Waals surface area contributed by atoms with Gasteiger partial charge >= 0.3 is 0 Å². The molecule has 108 valence electrons. The van der Waals surface area contributed by atoms with Gasteiger partial charge in [0.25, 0.3) is 0 Å². The number of rotatable bonds is 7. The van der Waals surface area contributed by atoms with Crippen LogP contribution in [0.1, 0.15) is 43.4 Å². The lowest BCUT2D eigenvalue weighted by Gasteiger charge is -2.18. The van der Waals surface area contributed by atoms with E-state index in [1.54, 1.807) is 7.11 Å². The van der Waals surface area contributed by atoms with Crippen molar-refractivity contribution >= 4 is 0 Å². The predicted octanol–water partition coefficient (Wildman–Crippen LogP) is 2.92. The van der Waals surface area contributed by atoms with E-state index in [0.29, 0.717) is 0 Å². The Kier molecular flexibility index (Phi) is 5.83. The van der Waals surface area contributed by atoms with Crippen LogP contribution in [0.3, 0.4) is 0 Å². The summed E-state index contributed by atoms with van der Waals surface area (Å²) in [6, 6.07) is 4.34. The fourth-order valence-corrected chi connectivity index (χ4v) is 2.36. The van der Waals surface area contributed by atoms with Gasteiger partial charge in [-0.3, -0.25) is 0 Å². The zero-order valence-electron chi connectivity index (χ0n) is 13.0. The average Bonchev–Trinajstić information content (AvgIpc) is 2.26. The molecule has 0 saturated heterocycles. The summed E-state index contributed by atoms with van der Waals surface area (Å²) in [6.45, 7) is 10.2. The second-order valence-corrected chi connectivity index (χ2v) is 6.04. The molecule has 0 heterocycles. The van der Waals surface area contributed by atoms with Crippen molar-refractivity contribution in [3.8, 4) is 5.75 Å². The van der Waals surface area contributed by atoms with Crippen LogP contribution in [0.15, 0.2) is 12.1 Å². The number of ether oxygens (including phenoxy) is 1. The van der Waals surface area contributed by atoms with Gasteiger partial charge in [0.15, 0.2) is 0 Å². The fourth-order valence-electron chi connectivity index (χ4n) is 2.36. The molecular formula is C16H28N2O. The molecule has 0 unspecified atom stereocenters. The third-order valence-electron chi connectivity index (χ3n) is 3.19. The van der Waals surface area contributed by atoms with Crippen molar-refractivity contribution in [1.82, 2.24) is 5.32 Å². The third kappa shape index (κ3) is 5.62. The van der Waals surface area contributed by atoms with Crippen molar-refractivity contribution in [3.63, 3.8) is 0 Å². The van der Waals surface area contributed by atoms with Crippen LogP contribution in [0.25, 0.3) is 0 Å². The van der Waals surface area contributed by atoms with E-state index in [1.165, 1.54) is 16.7 Å². The summed E-state index contributed by atoms with van der Waals surface area (Å²) in [5.41, 5.74) is 9.60. The molecule has 0 radical (unpaired) electrons. The first-order chi connectivity index (χ1) is 8.83. The van der Waals surface area contributed by atoms with E-state index >= 15 is 0 Å². The standard InChI is InChI=1S/C16H28N2O/c1-12-9-13(2)15(19-5)14(10-12)11-18-8-6-7-16(3,4)17/h9-10,18H,6-8,11,17H2,1-5H3. The highest BCUT2D eigenvalue weighted by Crippen LogP contribution is 2.24. The highest BCUT2D eigenvalue weighted by molar-refractivity contribution is 5.43. The van der Waals surface area contributed by atoms with Crippen LogP contribution in [-0.4, -0.2) is 19.2 Å². The molecule has 0 aliphatic carbocycles. The summed E-state index contributed by atoms with van der Waals surface area (Å²) in [7, 11) is 1.73. The molecule has 0 spiro atoms. The quantitative estimate of drug-likeness (QED) is 0.744. The molecule has 0 aliphatic heterocycles. The summed E-state index contributed by atoms with van der Waals surface area (Å²) in [6.07, 6.45) is 2.13. The summed E-state index contributed by atoms with van der Waals surface area (Å²) < 4.78 is 5.48. The maximum absolute atomic E-state index is 5.97. The summed E-state index contributed by atoms with van der Waals surface area (Å²) >= 11 is 0. The molecule has 0 aliphatic rings. The number of methoxy groups -OCH3 is 1. The van der Waals surface area contributed by atoms with Crippen LogP contribution >= 0.6 is 0 Å². The Morgan fingerprint density at radius 2 is 1.95 bits per heavy atom. The lowest BCUT2D eigenvalue weighted by Crippen LogP contribution is -2.32. The van der Waals surface area contributed by atoms with Crippen molar-refractivity contribution < 1.29 is 4.74 Å². The van der Waals surface area contributed by atoms with Gasteiger partial charge in [0.2, 0.25) is 0 Å². The lowest BCUT2D eigenvalue weighted by atomic mass is 10.0. The monoisotopic (exact) mass is 264 g/mol. The van der Waals surface area contributed by atoms with Crippen LogP contribution in [0, 0.1) is 13.8 Å². The molecule has 3 heteroatoms. The second-order valence-electron chi connectivity index (χ2n) is 6.04. The molecule has 0 saturated carbocycles. The SMILES string of the molecule is COc1c(C)cc(C)cc1CNCCCC(C)(C)N. The number of nitrogens with one attached hydrogen (secondary N) is 1. The topological polar surface area (TPSA) is 47.3 Å². The van der Waals surface area contributed by atoms with Crippen molar-refractivity contribution in [2.45, 2.75) is 52.6 Å². The smallest absolute Gasteiger partial charge is 0.126 e. The van der Waals surface area contributed by atoms with E-state index in [0.717, 1.165) is 31.7 Å². The molecule has 3 N–H and O–H groups in total. The molecule has 3 nitrogen and oxygen atoms in total. The first-order valence-electron chi connectivity index (χ1n) is 6.97. The van der Waals surface area contributed by atoms with E-state index in [1.807, 2.05) is 0 Å². The molecule has 0 amide bonds. The van der Waals surface area contributed by atoms with Gasteiger partial charge in [-0.2, -0.15) is 0 Å². The van der Waals surface area contributed by atoms with E-state index in [-0.39, 0.29) is 5.54 Å². The average molecular weight is 264 g/mol. The van der Waals surface area contributed by atoms with Gasteiger partial charge in [0, 0.05) is 17.6 Å². The molecule has 0 bridgehead atoms. The molecule has 0 atom stereocenters. The van der Waals surface area contributed by atoms with Crippen LogP contribution in [0.5, 0.6) is 5.75 Å². The second kappa shape index (κ2) is 6.92. The Morgan fingerprint density at radius 1 is 1.26 bits per heavy atom. The zero-order chi connectivity index (χ0) is 14.5. The first-order valence-corrected chi connectivity index (χ1v) is 6.97. The minimum absolute atomic E-state index is 0.0701. The van der Waals surface area contributed by atoms with Crippen molar-refractivity contribution in [2.24, 2.45) is 5.73 Å². The van der Waals surface area contributed by atoms with Gasteiger partial charge in [-0.15, -0.1) is 0 Å². The van der Waals surface area contributed by atoms with E-state index in [4.69, 9.17) is 10.5 Å². The van der Waals surface area contributed by atoms with Crippen molar-refractivity contribution in [3.05, 3.63) is 28.8 Å². The Hall–Kier alpha value is -1.06. The Morgan fingerprint density at radius 3 is 2.53 bits per heavy atom. The van der Waals surface area contributed by atoms with Gasteiger partial charge in [0.05, 0.1) is 7.11 Å². The number of hydrogen-bond acceptors (Lipinski definition) is 3. The maximum Gasteiger partial charge on any atom is 0.126 e. The molecule has 1 aromatic carbocycles. The third-order valence-corrected chi connectivity index (χ3v) is 3.19. The fraction of sp³-hybridized carbons (Fsp3) is 0.625. The van der Waals surface area contributed by atoms with Crippen LogP contribution in [0.2, 0.25) is 0 Å². The normalized spacial score (nSPS) is 11.7. The number of nitrogens with two attached hydrogens (primary N) is 1. The molecule has 0 aromatic heterocycles. The minimum Gasteiger partial charge on any atom is -0.496 e. The van der Waals surface area contributed by atoms with Crippen LogP contribution in [0.4, 0.5) is 0 Å². The zero-order valence-corrected chi connectivity index (χ0v) is 13.0. The Labute approximate surface area is 117 Å². The Bertz CT molecular complexity index is 408.